The predicted molar refractivity (Wildman–Crippen MR) is 144 cm³/mol. The van der Waals surface area contributed by atoms with Crippen molar-refractivity contribution in [3.63, 3.8) is 0 Å². The Labute approximate surface area is 218 Å². The minimum Gasteiger partial charge on any atom is -0.452 e. The first kappa shape index (κ1) is 26.5. The molecule has 194 valence electrons. The smallest absolute Gasteiger partial charge is 0.339 e. The quantitative estimate of drug-likeness (QED) is 0.376. The molecule has 1 aromatic heterocycles. The van der Waals surface area contributed by atoms with E-state index in [0.717, 1.165) is 39.7 Å². The maximum Gasteiger partial charge on any atom is 0.339 e. The molecule has 0 N–H and O–H groups in total. The number of benzene rings is 2. The summed E-state index contributed by atoms with van der Waals surface area (Å²) < 4.78 is 15.9. The van der Waals surface area contributed by atoms with Gasteiger partial charge in [0.1, 0.15) is 0 Å². The van der Waals surface area contributed by atoms with Crippen molar-refractivity contribution in [2.45, 2.75) is 19.8 Å². The summed E-state index contributed by atoms with van der Waals surface area (Å²) in [5.41, 5.74) is 5.14. The third kappa shape index (κ3) is 6.42. The summed E-state index contributed by atoms with van der Waals surface area (Å²) in [6.45, 7) is 3.41. The van der Waals surface area contributed by atoms with Crippen molar-refractivity contribution >= 4 is 34.4 Å². The number of fused-ring (bicyclic) bond motifs is 2. The van der Waals surface area contributed by atoms with E-state index in [9.17, 15) is 9.59 Å². The van der Waals surface area contributed by atoms with E-state index in [0.29, 0.717) is 44.2 Å². The van der Waals surface area contributed by atoms with E-state index in [2.05, 4.69) is 25.1 Å². The maximum absolute atomic E-state index is 13.6. The minimum atomic E-state index is -0.505. The number of nitrogens with zero attached hydrogens (tertiary/aromatic N) is 2. The van der Waals surface area contributed by atoms with Crippen LogP contribution in [0.15, 0.2) is 54.6 Å². The molecule has 0 spiro atoms. The third-order valence-corrected chi connectivity index (χ3v) is 6.57. The average molecular weight is 503 g/mol. The summed E-state index contributed by atoms with van der Waals surface area (Å²) in [4.78, 5) is 33.0. The van der Waals surface area contributed by atoms with Crippen molar-refractivity contribution in [2.75, 3.05) is 47.1 Å². The molecule has 2 aromatic carbocycles. The lowest BCUT2D eigenvalue weighted by molar-refractivity contribution is -0.135. The molecule has 0 bridgehead atoms. The first-order chi connectivity index (χ1) is 18.0. The van der Waals surface area contributed by atoms with Crippen LogP contribution in [0.5, 0.6) is 0 Å². The van der Waals surface area contributed by atoms with Gasteiger partial charge in [0.15, 0.2) is 6.61 Å². The van der Waals surface area contributed by atoms with Gasteiger partial charge in [0.05, 0.1) is 30.0 Å². The number of carbonyl (C=O) groups excluding carboxylic acids is 2. The highest BCUT2D eigenvalue weighted by Gasteiger charge is 2.29. The van der Waals surface area contributed by atoms with Gasteiger partial charge in [-0.3, -0.25) is 4.79 Å². The highest BCUT2D eigenvalue weighted by molar-refractivity contribution is 6.07. The average Bonchev–Trinajstić information content (AvgIpc) is 2.91. The lowest BCUT2D eigenvalue weighted by Crippen LogP contribution is -2.39. The van der Waals surface area contributed by atoms with Gasteiger partial charge in [0, 0.05) is 32.7 Å². The number of aromatic nitrogens is 1. The number of allylic oxidation sites excluding steroid dienone is 1. The Morgan fingerprint density at radius 3 is 2.35 bits per heavy atom. The highest BCUT2D eigenvalue weighted by atomic mass is 16.5. The van der Waals surface area contributed by atoms with E-state index in [1.807, 2.05) is 42.5 Å². The molecule has 0 unspecified atom stereocenters. The van der Waals surface area contributed by atoms with Crippen LogP contribution in [0.1, 0.15) is 40.5 Å². The fourth-order valence-electron chi connectivity index (χ4n) is 4.77. The molecule has 4 rings (SSSR count). The number of pyridine rings is 1. The molecular weight excluding hydrogens is 468 g/mol. The van der Waals surface area contributed by atoms with E-state index in [-0.39, 0.29) is 12.5 Å². The molecule has 1 amide bonds. The lowest BCUT2D eigenvalue weighted by Gasteiger charge is -2.27. The van der Waals surface area contributed by atoms with Crippen LogP contribution in [-0.4, -0.2) is 68.9 Å². The van der Waals surface area contributed by atoms with Crippen molar-refractivity contribution in [1.29, 1.82) is 0 Å². The zero-order valence-corrected chi connectivity index (χ0v) is 21.7. The second kappa shape index (κ2) is 12.6. The zero-order valence-electron chi connectivity index (χ0n) is 21.7. The summed E-state index contributed by atoms with van der Waals surface area (Å²) in [6, 6.07) is 17.7. The number of amides is 1. The van der Waals surface area contributed by atoms with Gasteiger partial charge in [-0.1, -0.05) is 55.5 Å². The van der Waals surface area contributed by atoms with Crippen LogP contribution in [0.4, 0.5) is 0 Å². The van der Waals surface area contributed by atoms with Gasteiger partial charge in [-0.25, -0.2) is 9.78 Å². The van der Waals surface area contributed by atoms with Gasteiger partial charge in [0.25, 0.3) is 5.91 Å². The predicted octanol–water partition coefficient (Wildman–Crippen LogP) is 4.64. The Hall–Kier alpha value is -3.55. The molecule has 0 fully saturated rings. The first-order valence-electron chi connectivity index (χ1n) is 12.6. The largest absolute Gasteiger partial charge is 0.452 e. The van der Waals surface area contributed by atoms with E-state index >= 15 is 0 Å². The van der Waals surface area contributed by atoms with E-state index in [1.165, 1.54) is 0 Å². The Morgan fingerprint density at radius 2 is 1.65 bits per heavy atom. The second-order valence-electron chi connectivity index (χ2n) is 9.37. The fraction of sp³-hybridized carbons (Fsp3) is 0.367. The van der Waals surface area contributed by atoms with Crippen molar-refractivity contribution < 1.29 is 23.8 Å². The first-order valence-corrected chi connectivity index (χ1v) is 12.6. The van der Waals surface area contributed by atoms with Crippen molar-refractivity contribution in [1.82, 2.24) is 9.88 Å². The number of para-hydroxylation sites is 1. The van der Waals surface area contributed by atoms with Crippen LogP contribution < -0.4 is 0 Å². The Kier molecular flexibility index (Phi) is 9.04. The molecule has 1 atom stereocenters. The van der Waals surface area contributed by atoms with E-state index in [1.54, 1.807) is 19.1 Å². The number of hydrogen-bond donors (Lipinski definition) is 0. The highest BCUT2D eigenvalue weighted by Crippen LogP contribution is 2.38. The van der Waals surface area contributed by atoms with Gasteiger partial charge in [-0.15, -0.1) is 0 Å². The molecule has 3 aromatic rings. The zero-order chi connectivity index (χ0) is 26.2. The summed E-state index contributed by atoms with van der Waals surface area (Å²) in [6.07, 6.45) is 3.73. The Balaban J connectivity index is 1.67. The topological polar surface area (TPSA) is 78.0 Å². The van der Waals surface area contributed by atoms with Crippen LogP contribution in [0.2, 0.25) is 0 Å². The minimum absolute atomic E-state index is 0.285. The standard InChI is InChI=1S/C30H34N2O5/c1-21-17-23(19-22-9-5-4-6-10-22)29-25(18-21)28(24-11-7-8-12-26(24)31-29)30(34)37-20-27(33)32(13-15-35-2)14-16-36-3/h4-12,19,21H,13-18,20H2,1-3H3/b23-19-/t21-/m1/s1. The Morgan fingerprint density at radius 1 is 0.973 bits per heavy atom. The second-order valence-corrected chi connectivity index (χ2v) is 9.37. The van der Waals surface area contributed by atoms with Gasteiger partial charge in [0.2, 0.25) is 0 Å². The maximum atomic E-state index is 13.6. The van der Waals surface area contributed by atoms with Crippen LogP contribution in [-0.2, 0) is 25.4 Å². The summed E-state index contributed by atoms with van der Waals surface area (Å²) in [5.74, 6) is -0.459. The molecule has 1 aliphatic carbocycles. The van der Waals surface area contributed by atoms with E-state index in [4.69, 9.17) is 19.2 Å². The molecule has 0 saturated heterocycles. The summed E-state index contributed by atoms with van der Waals surface area (Å²) in [5, 5.41) is 0.738. The summed E-state index contributed by atoms with van der Waals surface area (Å²) >= 11 is 0. The van der Waals surface area contributed by atoms with Crippen LogP contribution in [0, 0.1) is 5.92 Å². The molecule has 1 aliphatic rings. The lowest BCUT2D eigenvalue weighted by atomic mass is 9.80. The molecule has 0 radical (unpaired) electrons. The number of ether oxygens (including phenoxy) is 3. The van der Waals surface area contributed by atoms with Crippen molar-refractivity contribution in [3.8, 4) is 0 Å². The summed E-state index contributed by atoms with van der Waals surface area (Å²) in [7, 11) is 3.16. The number of esters is 1. The van der Waals surface area contributed by atoms with Gasteiger partial charge in [-0.05, 0) is 47.6 Å². The van der Waals surface area contributed by atoms with E-state index < -0.39 is 5.97 Å². The molecule has 1 heterocycles. The number of methoxy groups -OCH3 is 2. The third-order valence-electron chi connectivity index (χ3n) is 6.57. The molecule has 37 heavy (non-hydrogen) atoms. The number of rotatable bonds is 10. The monoisotopic (exact) mass is 502 g/mol. The molecule has 0 saturated carbocycles. The SMILES string of the molecule is COCCN(CCOC)C(=O)COC(=O)c1c2c(nc3ccccc13)/C(=C\c1ccccc1)C[C@@H](C)C2. The van der Waals surface area contributed by atoms with Crippen LogP contribution in [0.25, 0.3) is 22.6 Å². The number of hydrogen-bond acceptors (Lipinski definition) is 6. The van der Waals surface area contributed by atoms with Crippen LogP contribution >= 0.6 is 0 Å². The normalized spacial score (nSPS) is 16.0. The molecule has 7 nitrogen and oxygen atoms in total. The molecule has 7 heteroatoms. The van der Waals surface area contributed by atoms with Gasteiger partial charge < -0.3 is 19.1 Å². The Bertz CT molecular complexity index is 1260. The number of carbonyl (C=O) groups is 2. The fourth-order valence-corrected chi connectivity index (χ4v) is 4.77. The van der Waals surface area contributed by atoms with Gasteiger partial charge in [-0.2, -0.15) is 0 Å². The molecular formula is C30H34N2O5. The van der Waals surface area contributed by atoms with Crippen molar-refractivity contribution in [2.24, 2.45) is 5.92 Å². The van der Waals surface area contributed by atoms with Crippen molar-refractivity contribution in [3.05, 3.63) is 77.0 Å². The van der Waals surface area contributed by atoms with Crippen LogP contribution in [0.3, 0.4) is 0 Å². The van der Waals surface area contributed by atoms with Gasteiger partial charge >= 0.3 is 5.97 Å². The molecule has 0 aliphatic heterocycles.